The number of rotatable bonds is 7. The summed E-state index contributed by atoms with van der Waals surface area (Å²) >= 11 is 1.21. The second-order valence-corrected chi connectivity index (χ2v) is 6.14. The molecule has 0 aliphatic heterocycles. The third-order valence-electron chi connectivity index (χ3n) is 3.13. The van der Waals surface area contributed by atoms with Crippen LogP contribution in [0.4, 0.5) is 5.13 Å². The molecular formula is C16H22Cl2N4O3S. The maximum atomic E-state index is 12.2. The Morgan fingerprint density at radius 2 is 1.96 bits per heavy atom. The fourth-order valence-corrected chi connectivity index (χ4v) is 2.54. The molecule has 0 bridgehead atoms. The van der Waals surface area contributed by atoms with Gasteiger partial charge in [0.2, 0.25) is 0 Å². The SMILES string of the molecule is COc1cccc(C(=O)Nc2nc(C(=O)NCCN(C)C)cs2)c1.Cl.Cl. The van der Waals surface area contributed by atoms with Crippen molar-refractivity contribution in [1.82, 2.24) is 15.2 Å². The highest BCUT2D eigenvalue weighted by Gasteiger charge is 2.13. The summed E-state index contributed by atoms with van der Waals surface area (Å²) < 4.78 is 5.10. The highest BCUT2D eigenvalue weighted by Crippen LogP contribution is 2.18. The number of carbonyl (C=O) groups excluding carboxylic acids is 2. The van der Waals surface area contributed by atoms with E-state index in [4.69, 9.17) is 4.74 Å². The van der Waals surface area contributed by atoms with Crippen molar-refractivity contribution in [3.8, 4) is 5.75 Å². The largest absolute Gasteiger partial charge is 0.497 e. The van der Waals surface area contributed by atoms with Gasteiger partial charge in [-0.25, -0.2) is 4.98 Å². The highest BCUT2D eigenvalue weighted by atomic mass is 35.5. The van der Waals surface area contributed by atoms with Crippen molar-refractivity contribution in [2.24, 2.45) is 0 Å². The Hall–Kier alpha value is -1.87. The van der Waals surface area contributed by atoms with Crippen LogP contribution in [-0.2, 0) is 0 Å². The zero-order valence-electron chi connectivity index (χ0n) is 14.6. The maximum Gasteiger partial charge on any atom is 0.270 e. The van der Waals surface area contributed by atoms with Crippen LogP contribution in [0.1, 0.15) is 20.8 Å². The zero-order valence-corrected chi connectivity index (χ0v) is 17.1. The van der Waals surface area contributed by atoms with E-state index < -0.39 is 0 Å². The van der Waals surface area contributed by atoms with Crippen LogP contribution in [0, 0.1) is 0 Å². The average molecular weight is 421 g/mol. The monoisotopic (exact) mass is 420 g/mol. The van der Waals surface area contributed by atoms with Gasteiger partial charge < -0.3 is 15.0 Å². The van der Waals surface area contributed by atoms with E-state index in [0.29, 0.717) is 28.7 Å². The van der Waals surface area contributed by atoms with Gasteiger partial charge in [-0.2, -0.15) is 0 Å². The lowest BCUT2D eigenvalue weighted by molar-refractivity contribution is 0.0945. The first-order valence-corrected chi connectivity index (χ1v) is 8.21. The molecule has 0 atom stereocenters. The summed E-state index contributed by atoms with van der Waals surface area (Å²) in [6.45, 7) is 1.28. The number of carbonyl (C=O) groups is 2. The van der Waals surface area contributed by atoms with E-state index in [9.17, 15) is 9.59 Å². The quantitative estimate of drug-likeness (QED) is 0.718. The van der Waals surface area contributed by atoms with Gasteiger partial charge in [0.05, 0.1) is 7.11 Å². The summed E-state index contributed by atoms with van der Waals surface area (Å²) in [5.41, 5.74) is 0.751. The number of hydrogen-bond donors (Lipinski definition) is 2. The van der Waals surface area contributed by atoms with E-state index in [1.54, 1.807) is 36.8 Å². The molecule has 144 valence electrons. The number of likely N-dealkylation sites (N-methyl/N-ethyl adjacent to an activating group) is 1. The van der Waals surface area contributed by atoms with Gasteiger partial charge in [-0.3, -0.25) is 14.9 Å². The van der Waals surface area contributed by atoms with E-state index in [0.717, 1.165) is 6.54 Å². The minimum absolute atomic E-state index is 0. The molecule has 2 N–H and O–H groups in total. The van der Waals surface area contributed by atoms with Gasteiger partial charge in [0.15, 0.2) is 5.13 Å². The number of hydrogen-bond acceptors (Lipinski definition) is 6. The van der Waals surface area contributed by atoms with Gasteiger partial charge in [0.1, 0.15) is 11.4 Å². The average Bonchev–Trinajstić information content (AvgIpc) is 3.03. The van der Waals surface area contributed by atoms with Crippen LogP contribution < -0.4 is 15.4 Å². The van der Waals surface area contributed by atoms with Crippen LogP contribution in [0.5, 0.6) is 5.75 Å². The molecule has 0 spiro atoms. The second-order valence-electron chi connectivity index (χ2n) is 5.28. The molecule has 7 nitrogen and oxygen atoms in total. The number of amides is 2. The van der Waals surface area contributed by atoms with Gasteiger partial charge >= 0.3 is 0 Å². The van der Waals surface area contributed by atoms with Gasteiger partial charge in [-0.15, -0.1) is 36.2 Å². The summed E-state index contributed by atoms with van der Waals surface area (Å²) in [5.74, 6) is 0.0422. The van der Waals surface area contributed by atoms with E-state index >= 15 is 0 Å². The van der Waals surface area contributed by atoms with Crippen molar-refractivity contribution in [2.45, 2.75) is 0 Å². The topological polar surface area (TPSA) is 83.6 Å². The third kappa shape index (κ3) is 7.17. The maximum absolute atomic E-state index is 12.2. The van der Waals surface area contributed by atoms with Crippen molar-refractivity contribution < 1.29 is 14.3 Å². The Morgan fingerprint density at radius 1 is 1.23 bits per heavy atom. The van der Waals surface area contributed by atoms with Crippen molar-refractivity contribution in [2.75, 3.05) is 39.6 Å². The fourth-order valence-electron chi connectivity index (χ4n) is 1.85. The van der Waals surface area contributed by atoms with Gasteiger partial charge in [0.25, 0.3) is 11.8 Å². The first kappa shape index (κ1) is 24.1. The van der Waals surface area contributed by atoms with Crippen LogP contribution in [0.3, 0.4) is 0 Å². The lowest BCUT2D eigenvalue weighted by atomic mass is 10.2. The molecule has 0 aliphatic rings. The minimum Gasteiger partial charge on any atom is -0.497 e. The van der Waals surface area contributed by atoms with E-state index in [-0.39, 0.29) is 36.6 Å². The first-order valence-electron chi connectivity index (χ1n) is 7.33. The molecule has 0 aliphatic carbocycles. The molecule has 0 unspecified atom stereocenters. The molecule has 10 heteroatoms. The van der Waals surface area contributed by atoms with Crippen molar-refractivity contribution in [3.05, 3.63) is 40.9 Å². The molecule has 2 amide bonds. The summed E-state index contributed by atoms with van der Waals surface area (Å²) in [7, 11) is 5.40. The van der Waals surface area contributed by atoms with E-state index in [1.807, 2.05) is 19.0 Å². The molecule has 2 aromatic rings. The molecule has 1 aromatic carbocycles. The van der Waals surface area contributed by atoms with E-state index in [1.165, 1.54) is 11.3 Å². The second kappa shape index (κ2) is 11.7. The Bertz CT molecular complexity index is 725. The fraction of sp³-hybridized carbons (Fsp3) is 0.312. The molecule has 1 heterocycles. The first-order chi connectivity index (χ1) is 11.5. The Morgan fingerprint density at radius 3 is 2.62 bits per heavy atom. The number of ether oxygens (including phenoxy) is 1. The van der Waals surface area contributed by atoms with Crippen LogP contribution in [0.2, 0.25) is 0 Å². The zero-order chi connectivity index (χ0) is 17.5. The predicted molar refractivity (Wildman–Crippen MR) is 108 cm³/mol. The lowest BCUT2D eigenvalue weighted by Gasteiger charge is -2.09. The molecule has 0 saturated heterocycles. The number of methoxy groups -OCH3 is 1. The van der Waals surface area contributed by atoms with Crippen LogP contribution in [-0.4, -0.2) is 56.0 Å². The minimum atomic E-state index is -0.303. The number of anilines is 1. The summed E-state index contributed by atoms with van der Waals surface area (Å²) in [6.07, 6.45) is 0. The molecule has 2 rings (SSSR count). The number of aromatic nitrogens is 1. The normalized spacial score (nSPS) is 9.69. The highest BCUT2D eigenvalue weighted by molar-refractivity contribution is 7.14. The van der Waals surface area contributed by atoms with Crippen LogP contribution in [0.15, 0.2) is 29.6 Å². The summed E-state index contributed by atoms with van der Waals surface area (Å²) in [5, 5.41) is 7.45. The van der Waals surface area contributed by atoms with E-state index in [2.05, 4.69) is 15.6 Å². The van der Waals surface area contributed by atoms with Crippen molar-refractivity contribution in [3.63, 3.8) is 0 Å². The summed E-state index contributed by atoms with van der Waals surface area (Å²) in [6, 6.07) is 6.81. The Kier molecular flexibility index (Phi) is 10.8. The predicted octanol–water partition coefficient (Wildman–Crippen LogP) is 2.54. The smallest absolute Gasteiger partial charge is 0.270 e. The lowest BCUT2D eigenvalue weighted by Crippen LogP contribution is -2.31. The van der Waals surface area contributed by atoms with Crippen LogP contribution >= 0.6 is 36.2 Å². The van der Waals surface area contributed by atoms with Crippen molar-refractivity contribution in [1.29, 1.82) is 0 Å². The number of benzene rings is 1. The number of nitrogens with zero attached hydrogens (tertiary/aromatic N) is 2. The molecule has 26 heavy (non-hydrogen) atoms. The molecular weight excluding hydrogens is 399 g/mol. The van der Waals surface area contributed by atoms with Crippen molar-refractivity contribution >= 4 is 53.1 Å². The third-order valence-corrected chi connectivity index (χ3v) is 3.89. The van der Waals surface area contributed by atoms with Gasteiger partial charge in [-0.1, -0.05) is 6.07 Å². The van der Waals surface area contributed by atoms with Gasteiger partial charge in [-0.05, 0) is 32.3 Å². The Balaban J connectivity index is 0.00000312. The molecule has 0 fully saturated rings. The number of nitrogens with one attached hydrogen (secondary N) is 2. The van der Waals surface area contributed by atoms with Crippen LogP contribution in [0.25, 0.3) is 0 Å². The van der Waals surface area contributed by atoms with Gasteiger partial charge in [0, 0.05) is 24.0 Å². The standard InChI is InChI=1S/C16H20N4O3S.2ClH/c1-20(2)8-7-17-15(22)13-10-24-16(18-13)19-14(21)11-5-4-6-12(9-11)23-3;;/h4-6,9-10H,7-8H2,1-3H3,(H,17,22)(H,18,19,21);2*1H. The number of halogens is 2. The summed E-state index contributed by atoms with van der Waals surface area (Å²) in [4.78, 5) is 30.3. The number of thiazole rings is 1. The molecule has 1 aromatic heterocycles. The Labute approximate surface area is 169 Å². The molecule has 0 saturated carbocycles. The molecule has 0 radical (unpaired) electrons.